The van der Waals surface area contributed by atoms with Crippen molar-refractivity contribution in [3.8, 4) is 0 Å². The van der Waals surface area contributed by atoms with Gasteiger partial charge in [-0.2, -0.15) is 0 Å². The minimum Gasteiger partial charge on any atom is -0.372 e. The number of nitrogens with one attached hydrogen (secondary N) is 1. The summed E-state index contributed by atoms with van der Waals surface area (Å²) in [6.07, 6.45) is 0. The van der Waals surface area contributed by atoms with Crippen molar-refractivity contribution in [3.63, 3.8) is 0 Å². The Morgan fingerprint density at radius 1 is 1.00 bits per heavy atom. The van der Waals surface area contributed by atoms with Crippen molar-refractivity contribution in [2.45, 2.75) is 13.8 Å². The predicted octanol–water partition coefficient (Wildman–Crippen LogP) is 5.09. The van der Waals surface area contributed by atoms with Crippen molar-refractivity contribution in [2.24, 2.45) is 0 Å². The average Bonchev–Trinajstić information content (AvgIpc) is 2.53. The lowest BCUT2D eigenvalue weighted by Gasteiger charge is -2.21. The van der Waals surface area contributed by atoms with Gasteiger partial charge in [0.05, 0.1) is 10.0 Å². The molecule has 0 fully saturated rings. The van der Waals surface area contributed by atoms with Crippen molar-refractivity contribution >= 4 is 40.5 Å². The highest BCUT2D eigenvalue weighted by Gasteiger charge is 2.08. The number of rotatable bonds is 5. The van der Waals surface area contributed by atoms with Crippen LogP contribution in [0.3, 0.4) is 0 Å². The van der Waals surface area contributed by atoms with Crippen LogP contribution in [0.4, 0.5) is 11.4 Å². The molecule has 0 radical (unpaired) electrons. The van der Waals surface area contributed by atoms with Crippen LogP contribution >= 0.6 is 23.2 Å². The van der Waals surface area contributed by atoms with Crippen LogP contribution in [0.15, 0.2) is 42.5 Å². The van der Waals surface area contributed by atoms with Gasteiger partial charge in [0.2, 0.25) is 0 Å². The minimum absolute atomic E-state index is 0.176. The first-order valence-corrected chi connectivity index (χ1v) is 7.92. The normalized spacial score (nSPS) is 10.4. The Hall–Kier alpha value is -1.71. The summed E-state index contributed by atoms with van der Waals surface area (Å²) in [5, 5.41) is 3.68. The summed E-state index contributed by atoms with van der Waals surface area (Å²) < 4.78 is 0. The molecule has 0 bridgehead atoms. The molecule has 0 aliphatic carbocycles. The van der Waals surface area contributed by atoms with Gasteiger partial charge in [0.1, 0.15) is 0 Å². The van der Waals surface area contributed by atoms with E-state index in [-0.39, 0.29) is 5.91 Å². The van der Waals surface area contributed by atoms with Crippen molar-refractivity contribution in [1.29, 1.82) is 0 Å². The van der Waals surface area contributed by atoms with Crippen molar-refractivity contribution in [2.75, 3.05) is 23.3 Å². The van der Waals surface area contributed by atoms with Gasteiger partial charge >= 0.3 is 0 Å². The van der Waals surface area contributed by atoms with Gasteiger partial charge in [0, 0.05) is 30.0 Å². The molecule has 22 heavy (non-hydrogen) atoms. The van der Waals surface area contributed by atoms with Crippen LogP contribution in [0.5, 0.6) is 0 Å². The second-order valence-electron chi connectivity index (χ2n) is 4.80. The van der Waals surface area contributed by atoms with Gasteiger partial charge in [-0.15, -0.1) is 0 Å². The summed E-state index contributed by atoms with van der Waals surface area (Å²) in [4.78, 5) is 14.5. The minimum atomic E-state index is -0.176. The SMILES string of the molecule is CCN(CC)c1ccc(C(=O)Nc2ccc(Cl)c(Cl)c2)cc1. The number of halogens is 2. The fraction of sp³-hybridized carbons (Fsp3) is 0.235. The van der Waals surface area contributed by atoms with E-state index >= 15 is 0 Å². The van der Waals surface area contributed by atoms with E-state index in [2.05, 4.69) is 24.1 Å². The van der Waals surface area contributed by atoms with Crippen LogP contribution in [-0.2, 0) is 0 Å². The van der Waals surface area contributed by atoms with Crippen molar-refractivity contribution < 1.29 is 4.79 Å². The van der Waals surface area contributed by atoms with Gasteiger partial charge in [-0.05, 0) is 56.3 Å². The molecule has 1 N–H and O–H groups in total. The fourth-order valence-corrected chi connectivity index (χ4v) is 2.49. The topological polar surface area (TPSA) is 32.3 Å². The molecular formula is C17H18Cl2N2O. The zero-order chi connectivity index (χ0) is 16.1. The highest BCUT2D eigenvalue weighted by atomic mass is 35.5. The molecule has 2 aromatic rings. The molecule has 5 heteroatoms. The number of amides is 1. The number of hydrogen-bond acceptors (Lipinski definition) is 2. The van der Waals surface area contributed by atoms with E-state index < -0.39 is 0 Å². The lowest BCUT2D eigenvalue weighted by molar-refractivity contribution is 0.102. The molecule has 0 unspecified atom stereocenters. The number of hydrogen-bond donors (Lipinski definition) is 1. The zero-order valence-electron chi connectivity index (χ0n) is 12.6. The third-order valence-corrected chi connectivity index (χ3v) is 4.17. The molecule has 0 aliphatic heterocycles. The molecule has 2 aromatic carbocycles. The van der Waals surface area contributed by atoms with E-state index in [0.29, 0.717) is 21.3 Å². The average molecular weight is 337 g/mol. The molecule has 1 amide bonds. The standard InChI is InChI=1S/C17H18Cl2N2O/c1-3-21(4-2)14-8-5-12(6-9-14)17(22)20-13-7-10-15(18)16(19)11-13/h5-11H,3-4H2,1-2H3,(H,20,22). The van der Waals surface area contributed by atoms with E-state index in [1.54, 1.807) is 18.2 Å². The van der Waals surface area contributed by atoms with Crippen LogP contribution in [0.1, 0.15) is 24.2 Å². The highest BCUT2D eigenvalue weighted by molar-refractivity contribution is 6.42. The Bertz CT molecular complexity index is 652. The van der Waals surface area contributed by atoms with Gasteiger partial charge < -0.3 is 10.2 Å². The number of carbonyl (C=O) groups is 1. The van der Waals surface area contributed by atoms with Crippen LogP contribution in [-0.4, -0.2) is 19.0 Å². The number of anilines is 2. The molecule has 0 spiro atoms. The molecule has 0 aromatic heterocycles. The fourth-order valence-electron chi connectivity index (χ4n) is 2.19. The largest absolute Gasteiger partial charge is 0.372 e. The van der Waals surface area contributed by atoms with Crippen molar-refractivity contribution in [1.82, 2.24) is 0 Å². The third-order valence-electron chi connectivity index (χ3n) is 3.44. The number of nitrogens with zero attached hydrogens (tertiary/aromatic N) is 1. The molecule has 3 nitrogen and oxygen atoms in total. The number of carbonyl (C=O) groups excluding carboxylic acids is 1. The van der Waals surface area contributed by atoms with E-state index in [1.165, 1.54) is 0 Å². The zero-order valence-corrected chi connectivity index (χ0v) is 14.1. The Morgan fingerprint density at radius 3 is 2.18 bits per heavy atom. The summed E-state index contributed by atoms with van der Waals surface area (Å²) in [6.45, 7) is 6.08. The van der Waals surface area contributed by atoms with Gasteiger partial charge in [0.15, 0.2) is 0 Å². The summed E-state index contributed by atoms with van der Waals surface area (Å²) in [6, 6.07) is 12.6. The Balaban J connectivity index is 2.11. The first-order valence-electron chi connectivity index (χ1n) is 7.16. The maximum Gasteiger partial charge on any atom is 0.255 e. The molecule has 2 rings (SSSR count). The van der Waals surface area contributed by atoms with E-state index in [0.717, 1.165) is 18.8 Å². The maximum absolute atomic E-state index is 12.2. The number of benzene rings is 2. The molecular weight excluding hydrogens is 319 g/mol. The smallest absolute Gasteiger partial charge is 0.255 e. The first-order chi connectivity index (χ1) is 10.5. The van der Waals surface area contributed by atoms with E-state index in [1.807, 2.05) is 24.3 Å². The molecule has 0 atom stereocenters. The maximum atomic E-state index is 12.2. The second-order valence-corrected chi connectivity index (χ2v) is 5.62. The monoisotopic (exact) mass is 336 g/mol. The highest BCUT2D eigenvalue weighted by Crippen LogP contribution is 2.25. The Morgan fingerprint density at radius 2 is 1.64 bits per heavy atom. The van der Waals surface area contributed by atoms with Gasteiger partial charge in [-0.3, -0.25) is 4.79 Å². The molecule has 0 aliphatic rings. The first kappa shape index (κ1) is 16.7. The lowest BCUT2D eigenvalue weighted by atomic mass is 10.1. The van der Waals surface area contributed by atoms with Crippen LogP contribution in [0.2, 0.25) is 10.0 Å². The van der Waals surface area contributed by atoms with Crippen LogP contribution < -0.4 is 10.2 Å². The van der Waals surface area contributed by atoms with Gasteiger partial charge in [-0.25, -0.2) is 0 Å². The van der Waals surface area contributed by atoms with Crippen molar-refractivity contribution in [3.05, 3.63) is 58.1 Å². The van der Waals surface area contributed by atoms with E-state index in [4.69, 9.17) is 23.2 Å². The third kappa shape index (κ3) is 3.93. The van der Waals surface area contributed by atoms with Crippen LogP contribution in [0, 0.1) is 0 Å². The predicted molar refractivity (Wildman–Crippen MR) is 94.4 cm³/mol. The quantitative estimate of drug-likeness (QED) is 0.824. The Labute approximate surface area is 140 Å². The van der Waals surface area contributed by atoms with Gasteiger partial charge in [-0.1, -0.05) is 23.2 Å². The second kappa shape index (κ2) is 7.52. The van der Waals surface area contributed by atoms with E-state index in [9.17, 15) is 4.79 Å². The van der Waals surface area contributed by atoms with Gasteiger partial charge in [0.25, 0.3) is 5.91 Å². The summed E-state index contributed by atoms with van der Waals surface area (Å²) in [5.74, 6) is -0.176. The summed E-state index contributed by atoms with van der Waals surface area (Å²) in [7, 11) is 0. The summed E-state index contributed by atoms with van der Waals surface area (Å²) in [5.41, 5.74) is 2.32. The Kier molecular flexibility index (Phi) is 5.69. The lowest BCUT2D eigenvalue weighted by Crippen LogP contribution is -2.21. The molecule has 0 saturated heterocycles. The van der Waals surface area contributed by atoms with Crippen LogP contribution in [0.25, 0.3) is 0 Å². The molecule has 116 valence electrons. The molecule has 0 saturated carbocycles. The summed E-state index contributed by atoms with van der Waals surface area (Å²) >= 11 is 11.8. The molecule has 0 heterocycles.